The topological polar surface area (TPSA) is 84.7 Å². The largest absolute Gasteiger partial charge is 0.497 e. The Balaban J connectivity index is 0.000000282. The van der Waals surface area contributed by atoms with Crippen molar-refractivity contribution in [2.45, 2.75) is 13.0 Å². The maximum Gasteiger partial charge on any atom is 0.261 e. The van der Waals surface area contributed by atoms with Crippen molar-refractivity contribution < 1.29 is 17.7 Å². The Hall–Kier alpha value is -1.80. The Morgan fingerprint density at radius 3 is 2.62 bits per heavy atom. The number of hydrogen-bond acceptors (Lipinski definition) is 5. The molecule has 0 bridgehead atoms. The molecule has 116 valence electrons. The minimum absolute atomic E-state index is 0.715. The highest BCUT2D eigenvalue weighted by molar-refractivity contribution is 7.85. The normalized spacial score (nSPS) is 14.4. The third-order valence-electron chi connectivity index (χ3n) is 3.15. The van der Waals surface area contributed by atoms with E-state index in [2.05, 4.69) is 27.6 Å². The summed E-state index contributed by atoms with van der Waals surface area (Å²) in [6.07, 6.45) is 1.90. The number of imidazole rings is 1. The fourth-order valence-electron chi connectivity index (χ4n) is 2.30. The summed E-state index contributed by atoms with van der Waals surface area (Å²) in [6, 6.07) is 6.07. The summed E-state index contributed by atoms with van der Waals surface area (Å²) in [5.74, 6) is 1.93. The minimum atomic E-state index is -3.67. The van der Waals surface area contributed by atoms with Gasteiger partial charge in [0.25, 0.3) is 10.1 Å². The van der Waals surface area contributed by atoms with Crippen molar-refractivity contribution in [2.24, 2.45) is 0 Å². The summed E-state index contributed by atoms with van der Waals surface area (Å²) < 4.78 is 33.4. The number of benzene rings is 1. The summed E-state index contributed by atoms with van der Waals surface area (Å²) in [5, 5.41) is 0. The Morgan fingerprint density at radius 2 is 2.00 bits per heavy atom. The van der Waals surface area contributed by atoms with Crippen LogP contribution < -0.4 is 9.64 Å². The van der Waals surface area contributed by atoms with Crippen molar-refractivity contribution in [2.75, 3.05) is 31.9 Å². The van der Waals surface area contributed by atoms with Crippen molar-refractivity contribution in [3.05, 3.63) is 18.2 Å². The number of rotatable bonds is 1. The van der Waals surface area contributed by atoms with E-state index in [1.165, 1.54) is 11.9 Å². The highest BCUT2D eigenvalue weighted by Crippen LogP contribution is 2.28. The smallest absolute Gasteiger partial charge is 0.261 e. The van der Waals surface area contributed by atoms with Gasteiger partial charge in [0, 0.05) is 26.2 Å². The van der Waals surface area contributed by atoms with E-state index in [1.54, 1.807) is 7.11 Å². The standard InChI is InChI=1S/C12H15N3O.CH4O3S/c1-14-6-3-7-15-11-5-4-9(16-2)8-10(11)13-12(14)15;1-5(2,3)4/h4-5,8H,3,6-7H2,1-2H3;1H3,(H,2,3,4). The molecule has 0 saturated carbocycles. The van der Waals surface area contributed by atoms with Crippen molar-refractivity contribution in [1.29, 1.82) is 0 Å². The highest BCUT2D eigenvalue weighted by atomic mass is 32.2. The number of nitrogens with zero attached hydrogens (tertiary/aromatic N) is 3. The molecule has 8 heteroatoms. The first kappa shape index (κ1) is 15.6. The first-order valence-corrected chi connectivity index (χ1v) is 8.32. The molecular weight excluding hydrogens is 294 g/mol. The molecule has 0 atom stereocenters. The lowest BCUT2D eigenvalue weighted by Gasteiger charge is -2.24. The van der Waals surface area contributed by atoms with Gasteiger partial charge < -0.3 is 14.2 Å². The monoisotopic (exact) mass is 313 g/mol. The van der Waals surface area contributed by atoms with Crippen LogP contribution in [0, 0.1) is 0 Å². The number of fused-ring (bicyclic) bond motifs is 3. The Morgan fingerprint density at radius 1 is 1.33 bits per heavy atom. The van der Waals surface area contributed by atoms with Gasteiger partial charge in [-0.2, -0.15) is 8.42 Å². The summed E-state index contributed by atoms with van der Waals surface area (Å²) in [6.45, 7) is 2.14. The summed E-state index contributed by atoms with van der Waals surface area (Å²) >= 11 is 0. The molecule has 0 fully saturated rings. The zero-order valence-electron chi connectivity index (χ0n) is 12.3. The molecule has 2 aromatic rings. The van der Waals surface area contributed by atoms with Crippen LogP contribution in [0.4, 0.5) is 5.95 Å². The van der Waals surface area contributed by atoms with Crippen LogP contribution in [0.5, 0.6) is 5.75 Å². The van der Waals surface area contributed by atoms with Crippen LogP contribution >= 0.6 is 0 Å². The average Bonchev–Trinajstić information content (AvgIpc) is 2.76. The van der Waals surface area contributed by atoms with Crippen LogP contribution in [0.15, 0.2) is 18.2 Å². The molecule has 0 unspecified atom stereocenters. The molecule has 1 aliphatic rings. The van der Waals surface area contributed by atoms with Crippen LogP contribution in [-0.2, 0) is 16.7 Å². The van der Waals surface area contributed by atoms with Gasteiger partial charge in [-0.1, -0.05) is 0 Å². The molecule has 1 N–H and O–H groups in total. The lowest BCUT2D eigenvalue weighted by Crippen LogP contribution is -2.28. The van der Waals surface area contributed by atoms with Gasteiger partial charge >= 0.3 is 0 Å². The lowest BCUT2D eigenvalue weighted by molar-refractivity contribution is 0.415. The first-order valence-electron chi connectivity index (χ1n) is 6.47. The highest BCUT2D eigenvalue weighted by Gasteiger charge is 2.18. The lowest BCUT2D eigenvalue weighted by atomic mass is 10.3. The van der Waals surface area contributed by atoms with Crippen LogP contribution in [0.25, 0.3) is 11.0 Å². The molecule has 1 aromatic heterocycles. The molecule has 1 aromatic carbocycles. The molecule has 7 nitrogen and oxygen atoms in total. The number of methoxy groups -OCH3 is 1. The van der Waals surface area contributed by atoms with E-state index in [0.717, 1.165) is 30.3 Å². The van der Waals surface area contributed by atoms with Crippen molar-refractivity contribution in [3.8, 4) is 5.75 Å². The van der Waals surface area contributed by atoms with Crippen molar-refractivity contribution in [1.82, 2.24) is 9.55 Å². The van der Waals surface area contributed by atoms with E-state index in [9.17, 15) is 8.42 Å². The van der Waals surface area contributed by atoms with Crippen LogP contribution in [0.3, 0.4) is 0 Å². The van der Waals surface area contributed by atoms with Crippen molar-refractivity contribution in [3.63, 3.8) is 0 Å². The molecule has 0 radical (unpaired) electrons. The van der Waals surface area contributed by atoms with Gasteiger partial charge in [0.15, 0.2) is 0 Å². The van der Waals surface area contributed by atoms with E-state index in [-0.39, 0.29) is 0 Å². The zero-order chi connectivity index (χ0) is 15.6. The van der Waals surface area contributed by atoms with Gasteiger partial charge in [-0.3, -0.25) is 4.55 Å². The second-order valence-electron chi connectivity index (χ2n) is 4.93. The Labute approximate surface area is 123 Å². The van der Waals surface area contributed by atoms with Crippen molar-refractivity contribution >= 4 is 27.1 Å². The summed E-state index contributed by atoms with van der Waals surface area (Å²) in [7, 11) is 0.109. The maximum atomic E-state index is 9.19. The number of ether oxygens (including phenoxy) is 1. The van der Waals surface area contributed by atoms with E-state index < -0.39 is 10.1 Å². The van der Waals surface area contributed by atoms with Crippen LogP contribution in [0.1, 0.15) is 6.42 Å². The molecule has 0 amide bonds. The van der Waals surface area contributed by atoms with E-state index in [1.807, 2.05) is 12.1 Å². The van der Waals surface area contributed by atoms with Crippen LogP contribution in [-0.4, -0.2) is 49.5 Å². The molecule has 3 rings (SSSR count). The van der Waals surface area contributed by atoms with Gasteiger partial charge in [0.2, 0.25) is 5.95 Å². The predicted octanol–water partition coefficient (Wildman–Crippen LogP) is 1.39. The maximum absolute atomic E-state index is 9.19. The van der Waals surface area contributed by atoms with E-state index in [0.29, 0.717) is 6.26 Å². The molecule has 0 saturated heterocycles. The van der Waals surface area contributed by atoms with Crippen LogP contribution in [0.2, 0.25) is 0 Å². The van der Waals surface area contributed by atoms with Gasteiger partial charge in [-0.15, -0.1) is 0 Å². The second-order valence-corrected chi connectivity index (χ2v) is 6.39. The first-order chi connectivity index (χ1) is 9.79. The third-order valence-corrected chi connectivity index (χ3v) is 3.15. The Bertz CT molecular complexity index is 731. The zero-order valence-corrected chi connectivity index (χ0v) is 13.1. The SMILES string of the molecule is COc1ccc2c(c1)nc1n2CCCN1C.CS(=O)(=O)O. The quantitative estimate of drug-likeness (QED) is 0.801. The van der Waals surface area contributed by atoms with E-state index >= 15 is 0 Å². The van der Waals surface area contributed by atoms with Gasteiger partial charge in [-0.25, -0.2) is 4.98 Å². The number of aryl methyl sites for hydroxylation is 1. The molecule has 0 spiro atoms. The molecule has 0 aliphatic carbocycles. The average molecular weight is 313 g/mol. The fourth-order valence-corrected chi connectivity index (χ4v) is 2.30. The van der Waals surface area contributed by atoms with Gasteiger partial charge in [0.05, 0.1) is 24.4 Å². The number of hydrogen-bond donors (Lipinski definition) is 1. The van der Waals surface area contributed by atoms with Gasteiger partial charge in [0.1, 0.15) is 5.75 Å². The number of aromatic nitrogens is 2. The van der Waals surface area contributed by atoms with E-state index in [4.69, 9.17) is 9.29 Å². The molecule has 21 heavy (non-hydrogen) atoms. The Kier molecular flexibility index (Phi) is 4.38. The molecule has 1 aliphatic heterocycles. The minimum Gasteiger partial charge on any atom is -0.497 e. The second kappa shape index (κ2) is 5.90. The van der Waals surface area contributed by atoms with Gasteiger partial charge in [-0.05, 0) is 18.6 Å². The predicted molar refractivity (Wildman–Crippen MR) is 81.6 cm³/mol. The molecule has 2 heterocycles. The number of anilines is 1. The summed E-state index contributed by atoms with van der Waals surface area (Å²) in [4.78, 5) is 6.86. The third kappa shape index (κ3) is 3.85. The summed E-state index contributed by atoms with van der Waals surface area (Å²) in [5.41, 5.74) is 2.21. The fraction of sp³-hybridized carbons (Fsp3) is 0.462. The molecular formula is C13H19N3O4S.